The van der Waals surface area contributed by atoms with Crippen LogP contribution in [0.15, 0.2) is 42.9 Å². The van der Waals surface area contributed by atoms with Crippen LogP contribution in [-0.2, 0) is 6.54 Å². The van der Waals surface area contributed by atoms with Crippen molar-refractivity contribution in [2.75, 3.05) is 5.73 Å². The molecule has 2 N–H and O–H groups in total. The quantitative estimate of drug-likeness (QED) is 0.697. The van der Waals surface area contributed by atoms with Crippen molar-refractivity contribution in [2.45, 2.75) is 13.5 Å². The van der Waals surface area contributed by atoms with Crippen LogP contribution in [0.5, 0.6) is 0 Å². The largest absolute Gasteiger partial charge is 0.398 e. The zero-order chi connectivity index (χ0) is 12.5. The van der Waals surface area contributed by atoms with Gasteiger partial charge in [0, 0.05) is 29.7 Å². The maximum atomic E-state index is 5.97. The van der Waals surface area contributed by atoms with Gasteiger partial charge in [0.25, 0.3) is 0 Å². The number of anilines is 1. The summed E-state index contributed by atoms with van der Waals surface area (Å²) >= 11 is 0. The molecule has 0 atom stereocenters. The molecule has 90 valence electrons. The molecule has 0 amide bonds. The molecule has 2 aromatic heterocycles. The Balaban J connectivity index is 2.13. The summed E-state index contributed by atoms with van der Waals surface area (Å²) in [5.74, 6) is 0.996. The van der Waals surface area contributed by atoms with Crippen molar-refractivity contribution >= 4 is 16.6 Å². The Morgan fingerprint density at radius 2 is 2.06 bits per heavy atom. The number of aryl methyl sites for hydroxylation is 1. The summed E-state index contributed by atoms with van der Waals surface area (Å²) in [5.41, 5.74) is 8.85. The van der Waals surface area contributed by atoms with Crippen molar-refractivity contribution < 1.29 is 0 Å². The van der Waals surface area contributed by atoms with Gasteiger partial charge in [-0.15, -0.1) is 0 Å². The fourth-order valence-corrected chi connectivity index (χ4v) is 2.14. The highest BCUT2D eigenvalue weighted by molar-refractivity contribution is 5.92. The van der Waals surface area contributed by atoms with E-state index in [1.165, 1.54) is 0 Å². The predicted molar refractivity (Wildman–Crippen MR) is 72.2 cm³/mol. The number of hydrogen-bond acceptors (Lipinski definition) is 3. The van der Waals surface area contributed by atoms with Gasteiger partial charge < -0.3 is 10.3 Å². The molecular formula is C14H14N4. The van der Waals surface area contributed by atoms with Crippen LogP contribution in [0.3, 0.4) is 0 Å². The Labute approximate surface area is 105 Å². The lowest BCUT2D eigenvalue weighted by atomic mass is 10.1. The minimum absolute atomic E-state index is 0.764. The highest BCUT2D eigenvalue weighted by Gasteiger charge is 2.06. The first-order valence-corrected chi connectivity index (χ1v) is 5.85. The number of aromatic nitrogens is 3. The molecule has 2 heterocycles. The molecule has 0 aliphatic carbocycles. The summed E-state index contributed by atoms with van der Waals surface area (Å²) in [7, 11) is 0. The zero-order valence-electron chi connectivity index (χ0n) is 10.2. The molecule has 1 aromatic carbocycles. The van der Waals surface area contributed by atoms with Crippen LogP contribution in [0.4, 0.5) is 5.69 Å². The van der Waals surface area contributed by atoms with Gasteiger partial charge in [-0.3, -0.25) is 4.98 Å². The third-order valence-corrected chi connectivity index (χ3v) is 3.15. The molecule has 0 saturated heterocycles. The number of benzene rings is 1. The minimum Gasteiger partial charge on any atom is -0.398 e. The molecule has 3 aromatic rings. The molecule has 0 aliphatic rings. The number of rotatable bonds is 2. The second-order valence-electron chi connectivity index (χ2n) is 4.32. The van der Waals surface area contributed by atoms with Gasteiger partial charge in [0.05, 0.1) is 12.1 Å². The molecule has 0 spiro atoms. The maximum Gasteiger partial charge on any atom is 0.105 e. The highest BCUT2D eigenvalue weighted by atomic mass is 15.0. The van der Waals surface area contributed by atoms with E-state index in [1.54, 1.807) is 6.20 Å². The van der Waals surface area contributed by atoms with Crippen molar-refractivity contribution in [1.82, 2.24) is 14.5 Å². The van der Waals surface area contributed by atoms with Gasteiger partial charge in [-0.1, -0.05) is 6.07 Å². The first kappa shape index (κ1) is 10.8. The standard InChI is InChI=1S/C14H14N4/c1-10-16-7-8-18(10)9-11-4-5-13(15)12-3-2-6-17-14(11)12/h2-8H,9,15H2,1H3. The van der Waals surface area contributed by atoms with E-state index in [9.17, 15) is 0 Å². The van der Waals surface area contributed by atoms with Crippen LogP contribution in [0, 0.1) is 6.92 Å². The zero-order valence-corrected chi connectivity index (χ0v) is 10.2. The lowest BCUT2D eigenvalue weighted by molar-refractivity contribution is 0.765. The molecule has 0 aliphatic heterocycles. The lowest BCUT2D eigenvalue weighted by Gasteiger charge is -2.09. The second kappa shape index (κ2) is 4.14. The Hall–Kier alpha value is -2.36. The van der Waals surface area contributed by atoms with E-state index >= 15 is 0 Å². The Kier molecular flexibility index (Phi) is 2.48. The van der Waals surface area contributed by atoms with Gasteiger partial charge in [-0.25, -0.2) is 4.98 Å². The van der Waals surface area contributed by atoms with Gasteiger partial charge in [-0.05, 0) is 30.7 Å². The van der Waals surface area contributed by atoms with Crippen LogP contribution in [0.1, 0.15) is 11.4 Å². The third-order valence-electron chi connectivity index (χ3n) is 3.15. The summed E-state index contributed by atoms with van der Waals surface area (Å²) in [6.07, 6.45) is 5.58. The summed E-state index contributed by atoms with van der Waals surface area (Å²) in [6, 6.07) is 7.88. The van der Waals surface area contributed by atoms with Crippen LogP contribution < -0.4 is 5.73 Å². The minimum atomic E-state index is 0.764. The number of nitrogen functional groups attached to an aromatic ring is 1. The van der Waals surface area contributed by atoms with Gasteiger partial charge in [-0.2, -0.15) is 0 Å². The van der Waals surface area contributed by atoms with Crippen molar-refractivity contribution in [2.24, 2.45) is 0 Å². The van der Waals surface area contributed by atoms with Gasteiger partial charge in [0.15, 0.2) is 0 Å². The summed E-state index contributed by atoms with van der Waals surface area (Å²) in [4.78, 5) is 8.67. The molecule has 0 saturated carbocycles. The molecule has 4 heteroatoms. The van der Waals surface area contributed by atoms with Crippen LogP contribution >= 0.6 is 0 Å². The lowest BCUT2D eigenvalue weighted by Crippen LogP contribution is -2.03. The van der Waals surface area contributed by atoms with Crippen molar-refractivity contribution in [3.63, 3.8) is 0 Å². The topological polar surface area (TPSA) is 56.7 Å². The van der Waals surface area contributed by atoms with E-state index < -0.39 is 0 Å². The first-order chi connectivity index (χ1) is 8.75. The SMILES string of the molecule is Cc1nccn1Cc1ccc(N)c2cccnc12. The maximum absolute atomic E-state index is 5.97. The number of hydrogen-bond donors (Lipinski definition) is 1. The molecule has 18 heavy (non-hydrogen) atoms. The Bertz CT molecular complexity index is 700. The summed E-state index contributed by atoms with van der Waals surface area (Å²) < 4.78 is 2.10. The van der Waals surface area contributed by atoms with Crippen molar-refractivity contribution in [3.05, 3.63) is 54.2 Å². The predicted octanol–water partition coefficient (Wildman–Crippen LogP) is 2.37. The van der Waals surface area contributed by atoms with E-state index in [-0.39, 0.29) is 0 Å². The van der Waals surface area contributed by atoms with Gasteiger partial charge >= 0.3 is 0 Å². The number of nitrogens with two attached hydrogens (primary N) is 1. The molecule has 0 bridgehead atoms. The molecule has 3 rings (SSSR count). The summed E-state index contributed by atoms with van der Waals surface area (Å²) in [6.45, 7) is 2.76. The number of nitrogens with zero attached hydrogens (tertiary/aromatic N) is 3. The normalized spacial score (nSPS) is 10.9. The number of pyridine rings is 1. The average molecular weight is 238 g/mol. The van der Waals surface area contributed by atoms with Gasteiger partial charge in [0.1, 0.15) is 5.82 Å². The van der Waals surface area contributed by atoms with Crippen molar-refractivity contribution in [1.29, 1.82) is 0 Å². The smallest absolute Gasteiger partial charge is 0.105 e. The number of fused-ring (bicyclic) bond motifs is 1. The Morgan fingerprint density at radius 3 is 2.83 bits per heavy atom. The van der Waals surface area contributed by atoms with E-state index in [0.29, 0.717) is 0 Å². The average Bonchev–Trinajstić information content (AvgIpc) is 2.79. The highest BCUT2D eigenvalue weighted by Crippen LogP contribution is 2.23. The van der Waals surface area contributed by atoms with E-state index in [1.807, 2.05) is 43.6 Å². The molecule has 0 fully saturated rings. The third kappa shape index (κ3) is 1.72. The fraction of sp³-hybridized carbons (Fsp3) is 0.143. The van der Waals surface area contributed by atoms with E-state index in [0.717, 1.165) is 34.5 Å². The van der Waals surface area contributed by atoms with E-state index in [2.05, 4.69) is 14.5 Å². The second-order valence-corrected chi connectivity index (χ2v) is 4.32. The monoisotopic (exact) mass is 238 g/mol. The first-order valence-electron chi connectivity index (χ1n) is 5.85. The molecule has 4 nitrogen and oxygen atoms in total. The molecule has 0 unspecified atom stereocenters. The van der Waals surface area contributed by atoms with Crippen LogP contribution in [0.25, 0.3) is 10.9 Å². The van der Waals surface area contributed by atoms with E-state index in [4.69, 9.17) is 5.73 Å². The number of imidazole rings is 1. The van der Waals surface area contributed by atoms with Crippen molar-refractivity contribution in [3.8, 4) is 0 Å². The van der Waals surface area contributed by atoms with Crippen LogP contribution in [-0.4, -0.2) is 14.5 Å². The van der Waals surface area contributed by atoms with Crippen LogP contribution in [0.2, 0.25) is 0 Å². The molecule has 0 radical (unpaired) electrons. The summed E-state index contributed by atoms with van der Waals surface area (Å²) in [5, 5.41) is 1.01. The van der Waals surface area contributed by atoms with Gasteiger partial charge in [0.2, 0.25) is 0 Å². The fourth-order valence-electron chi connectivity index (χ4n) is 2.14. The molecular weight excluding hydrogens is 224 g/mol. The Morgan fingerprint density at radius 1 is 1.17 bits per heavy atom.